The first-order valence-corrected chi connectivity index (χ1v) is 6.22. The van der Waals surface area contributed by atoms with Crippen molar-refractivity contribution < 1.29 is 18.4 Å². The first-order valence-electron chi connectivity index (χ1n) is 6.22. The summed E-state index contributed by atoms with van der Waals surface area (Å²) in [5.74, 6) is -2.36. The molecule has 2 amide bonds. The van der Waals surface area contributed by atoms with Gasteiger partial charge in [-0.05, 0) is 24.3 Å². The summed E-state index contributed by atoms with van der Waals surface area (Å²) >= 11 is 0. The molecular weight excluding hydrogens is 278 g/mol. The van der Waals surface area contributed by atoms with Crippen LogP contribution in [0.5, 0.6) is 0 Å². The zero-order valence-corrected chi connectivity index (χ0v) is 10.8. The Morgan fingerprint density at radius 3 is 2.14 bits per heavy atom. The van der Waals surface area contributed by atoms with Crippen molar-refractivity contribution in [1.29, 1.82) is 0 Å². The van der Waals surface area contributed by atoms with Crippen molar-refractivity contribution >= 4 is 17.5 Å². The van der Waals surface area contributed by atoms with E-state index in [-0.39, 0.29) is 12.4 Å². The number of benzene rings is 2. The van der Waals surface area contributed by atoms with E-state index in [0.29, 0.717) is 11.1 Å². The highest BCUT2D eigenvalue weighted by atomic mass is 19.1. The number of hydrogen-bond donors (Lipinski definition) is 1. The average molecular weight is 288 g/mol. The average Bonchev–Trinajstić information content (AvgIpc) is 2.71. The summed E-state index contributed by atoms with van der Waals surface area (Å²) in [5, 5.41) is 2.62. The molecule has 0 fully saturated rings. The van der Waals surface area contributed by atoms with Crippen LogP contribution in [-0.2, 0) is 0 Å². The molecule has 1 N–H and O–H groups in total. The Bertz CT molecular complexity index is 711. The minimum absolute atomic E-state index is 0.0213. The van der Waals surface area contributed by atoms with Crippen LogP contribution in [0.4, 0.5) is 14.5 Å². The molecule has 0 aliphatic carbocycles. The van der Waals surface area contributed by atoms with Crippen LogP contribution in [0.15, 0.2) is 42.5 Å². The number of halogens is 2. The van der Waals surface area contributed by atoms with E-state index in [9.17, 15) is 18.4 Å². The van der Waals surface area contributed by atoms with Gasteiger partial charge in [-0.3, -0.25) is 14.5 Å². The van der Waals surface area contributed by atoms with Crippen LogP contribution < -0.4 is 5.32 Å². The molecule has 1 heterocycles. The van der Waals surface area contributed by atoms with Gasteiger partial charge in [-0.25, -0.2) is 8.78 Å². The van der Waals surface area contributed by atoms with Crippen molar-refractivity contribution in [2.45, 2.75) is 0 Å². The molecule has 1 aliphatic heterocycles. The third-order valence-corrected chi connectivity index (χ3v) is 3.24. The lowest BCUT2D eigenvalue weighted by Crippen LogP contribution is -2.34. The van der Waals surface area contributed by atoms with Crippen LogP contribution in [0.25, 0.3) is 0 Å². The number of imide groups is 1. The van der Waals surface area contributed by atoms with Crippen molar-refractivity contribution in [1.82, 2.24) is 4.90 Å². The monoisotopic (exact) mass is 288 g/mol. The van der Waals surface area contributed by atoms with Crippen molar-refractivity contribution in [2.24, 2.45) is 0 Å². The lowest BCUT2D eigenvalue weighted by molar-refractivity contribution is 0.0665. The molecule has 0 aromatic heterocycles. The molecule has 2 aromatic carbocycles. The lowest BCUT2D eigenvalue weighted by Gasteiger charge is -2.16. The Hall–Kier alpha value is -2.76. The predicted octanol–water partition coefficient (Wildman–Crippen LogP) is 2.63. The number of nitrogens with zero attached hydrogens (tertiary/aromatic N) is 1. The Morgan fingerprint density at radius 1 is 0.952 bits per heavy atom. The molecule has 0 bridgehead atoms. The topological polar surface area (TPSA) is 49.4 Å². The van der Waals surface area contributed by atoms with Gasteiger partial charge in [-0.1, -0.05) is 12.1 Å². The molecule has 4 nitrogen and oxygen atoms in total. The van der Waals surface area contributed by atoms with Gasteiger partial charge < -0.3 is 5.32 Å². The number of rotatable bonds is 3. The fraction of sp³-hybridized carbons (Fsp3) is 0.0667. The van der Waals surface area contributed by atoms with Crippen molar-refractivity contribution in [3.05, 3.63) is 65.2 Å². The molecule has 2 aromatic rings. The quantitative estimate of drug-likeness (QED) is 0.883. The Balaban J connectivity index is 1.78. The Labute approximate surface area is 119 Å². The molecule has 106 valence electrons. The Morgan fingerprint density at radius 2 is 1.57 bits per heavy atom. The summed E-state index contributed by atoms with van der Waals surface area (Å²) in [6, 6.07) is 9.49. The lowest BCUT2D eigenvalue weighted by atomic mass is 10.1. The number of amides is 2. The largest absolute Gasteiger partial charge is 0.365 e. The SMILES string of the molecule is O=C1c2ccccc2C(=O)N1CNc1ccc(F)cc1F. The number of anilines is 1. The minimum Gasteiger partial charge on any atom is -0.365 e. The zero-order valence-electron chi connectivity index (χ0n) is 10.8. The fourth-order valence-corrected chi connectivity index (χ4v) is 2.18. The number of nitrogens with one attached hydrogen (secondary N) is 1. The first-order chi connectivity index (χ1) is 10.1. The van der Waals surface area contributed by atoms with Crippen molar-refractivity contribution in [3.8, 4) is 0 Å². The van der Waals surface area contributed by atoms with Crippen LogP contribution in [0, 0.1) is 11.6 Å². The van der Waals surface area contributed by atoms with Crippen LogP contribution >= 0.6 is 0 Å². The molecule has 6 heteroatoms. The minimum atomic E-state index is -0.786. The molecule has 0 unspecified atom stereocenters. The number of fused-ring (bicyclic) bond motifs is 1. The third kappa shape index (κ3) is 2.24. The first kappa shape index (κ1) is 13.2. The molecule has 3 rings (SSSR count). The number of carbonyl (C=O) groups is 2. The summed E-state index contributed by atoms with van der Waals surface area (Å²) in [7, 11) is 0. The van der Waals surface area contributed by atoms with Gasteiger partial charge in [0.15, 0.2) is 0 Å². The molecule has 1 aliphatic rings. The maximum atomic E-state index is 13.5. The van der Waals surface area contributed by atoms with Gasteiger partial charge in [0, 0.05) is 6.07 Å². The van der Waals surface area contributed by atoms with Gasteiger partial charge in [0.25, 0.3) is 11.8 Å². The molecular formula is C15H10F2N2O2. The smallest absolute Gasteiger partial charge is 0.263 e. The van der Waals surface area contributed by atoms with Crippen LogP contribution in [0.2, 0.25) is 0 Å². The summed E-state index contributed by atoms with van der Waals surface area (Å²) in [5.41, 5.74) is 0.667. The third-order valence-electron chi connectivity index (χ3n) is 3.24. The van der Waals surface area contributed by atoms with Gasteiger partial charge >= 0.3 is 0 Å². The molecule has 21 heavy (non-hydrogen) atoms. The second-order valence-corrected chi connectivity index (χ2v) is 4.54. The number of hydrogen-bond acceptors (Lipinski definition) is 3. The van der Waals surface area contributed by atoms with E-state index in [4.69, 9.17) is 0 Å². The van der Waals surface area contributed by atoms with E-state index in [0.717, 1.165) is 17.0 Å². The zero-order chi connectivity index (χ0) is 15.0. The van der Waals surface area contributed by atoms with E-state index in [1.54, 1.807) is 24.3 Å². The van der Waals surface area contributed by atoms with E-state index in [1.165, 1.54) is 6.07 Å². The summed E-state index contributed by atoms with van der Waals surface area (Å²) in [4.78, 5) is 25.1. The van der Waals surface area contributed by atoms with E-state index in [1.807, 2.05) is 0 Å². The fourth-order valence-electron chi connectivity index (χ4n) is 2.18. The van der Waals surface area contributed by atoms with E-state index in [2.05, 4.69) is 5.32 Å². The number of carbonyl (C=O) groups excluding carboxylic acids is 2. The second kappa shape index (κ2) is 4.97. The standard InChI is InChI=1S/C15H10F2N2O2/c16-9-5-6-13(12(17)7-9)18-8-19-14(20)10-3-1-2-4-11(10)15(19)21/h1-7,18H,8H2. The maximum Gasteiger partial charge on any atom is 0.263 e. The summed E-state index contributed by atoms with van der Waals surface area (Å²) < 4.78 is 26.3. The summed E-state index contributed by atoms with van der Waals surface area (Å²) in [6.07, 6.45) is 0. The van der Waals surface area contributed by atoms with Crippen molar-refractivity contribution in [2.75, 3.05) is 12.0 Å². The molecule has 0 saturated heterocycles. The molecule has 0 spiro atoms. The highest BCUT2D eigenvalue weighted by molar-refractivity contribution is 6.21. The second-order valence-electron chi connectivity index (χ2n) is 4.54. The Kier molecular flexibility index (Phi) is 3.13. The van der Waals surface area contributed by atoms with E-state index < -0.39 is 23.4 Å². The van der Waals surface area contributed by atoms with Crippen LogP contribution in [-0.4, -0.2) is 23.4 Å². The van der Waals surface area contributed by atoms with Gasteiger partial charge in [-0.15, -0.1) is 0 Å². The van der Waals surface area contributed by atoms with Gasteiger partial charge in [0.1, 0.15) is 11.6 Å². The molecule has 0 atom stereocenters. The maximum absolute atomic E-state index is 13.5. The van der Waals surface area contributed by atoms with Gasteiger partial charge in [-0.2, -0.15) is 0 Å². The molecule has 0 radical (unpaired) electrons. The van der Waals surface area contributed by atoms with Crippen LogP contribution in [0.3, 0.4) is 0 Å². The van der Waals surface area contributed by atoms with Gasteiger partial charge in [0.2, 0.25) is 0 Å². The molecule has 0 saturated carbocycles. The summed E-state index contributed by atoms with van der Waals surface area (Å²) in [6.45, 7) is -0.186. The van der Waals surface area contributed by atoms with Crippen LogP contribution in [0.1, 0.15) is 20.7 Å². The van der Waals surface area contributed by atoms with E-state index >= 15 is 0 Å². The van der Waals surface area contributed by atoms with Gasteiger partial charge in [0.05, 0.1) is 23.5 Å². The van der Waals surface area contributed by atoms with Crippen molar-refractivity contribution in [3.63, 3.8) is 0 Å². The highest BCUT2D eigenvalue weighted by Gasteiger charge is 2.34. The normalized spacial score (nSPS) is 13.5. The highest BCUT2D eigenvalue weighted by Crippen LogP contribution is 2.23. The predicted molar refractivity (Wildman–Crippen MR) is 71.8 cm³/mol.